The number of carboxylic acids is 2. The van der Waals surface area contributed by atoms with Crippen molar-refractivity contribution < 1.29 is 19.8 Å². The van der Waals surface area contributed by atoms with E-state index in [-0.39, 0.29) is 5.57 Å². The Bertz CT molecular complexity index is 348. The Kier molecular flexibility index (Phi) is 6.49. The maximum atomic E-state index is 11.3. The summed E-state index contributed by atoms with van der Waals surface area (Å²) < 4.78 is 0. The van der Waals surface area contributed by atoms with Crippen molar-refractivity contribution in [1.82, 2.24) is 0 Å². The van der Waals surface area contributed by atoms with Gasteiger partial charge in [0.05, 0.1) is 8.07 Å². The van der Waals surface area contributed by atoms with E-state index in [0.717, 1.165) is 6.08 Å². The molecule has 0 rings (SSSR count). The van der Waals surface area contributed by atoms with Gasteiger partial charge in [-0.2, -0.15) is 0 Å². The van der Waals surface area contributed by atoms with Crippen molar-refractivity contribution in [2.75, 3.05) is 0 Å². The maximum Gasteiger partial charge on any atom is 0.331 e. The summed E-state index contributed by atoms with van der Waals surface area (Å²) >= 11 is 0. The van der Waals surface area contributed by atoms with Gasteiger partial charge in [-0.1, -0.05) is 58.2 Å². The van der Waals surface area contributed by atoms with Crippen LogP contribution in [0.3, 0.4) is 0 Å². The number of carbonyl (C=O) groups is 2. The van der Waals surface area contributed by atoms with Gasteiger partial charge >= 0.3 is 11.9 Å². The van der Waals surface area contributed by atoms with E-state index in [2.05, 4.69) is 41.5 Å². The van der Waals surface area contributed by atoms with E-state index in [9.17, 15) is 14.7 Å². The van der Waals surface area contributed by atoms with Gasteiger partial charge in [-0.25, -0.2) is 9.59 Å². The summed E-state index contributed by atoms with van der Waals surface area (Å²) in [5, 5.41) is 18.0. The molecule has 0 aliphatic carbocycles. The van der Waals surface area contributed by atoms with E-state index < -0.39 is 20.0 Å². The monoisotopic (exact) mass is 286 g/mol. The Morgan fingerprint density at radius 2 is 1.32 bits per heavy atom. The number of aliphatic carboxylic acids is 2. The predicted molar refractivity (Wildman–Crippen MR) is 79.2 cm³/mol. The van der Waals surface area contributed by atoms with Crippen LogP contribution in [0, 0.1) is 0 Å². The summed E-state index contributed by atoms with van der Waals surface area (Å²) in [4.78, 5) is 22.1. The topological polar surface area (TPSA) is 74.6 Å². The molecule has 0 aromatic rings. The quantitative estimate of drug-likeness (QED) is 0.552. The molecule has 4 nitrogen and oxygen atoms in total. The lowest BCUT2D eigenvalue weighted by atomic mass is 10.3. The molecule has 5 heteroatoms. The fourth-order valence-corrected chi connectivity index (χ4v) is 9.42. The molecule has 0 radical (unpaired) electrons. The zero-order chi connectivity index (χ0) is 15.4. The molecule has 0 aromatic heterocycles. The van der Waals surface area contributed by atoms with E-state index in [4.69, 9.17) is 5.11 Å². The highest BCUT2D eigenvalue weighted by atomic mass is 28.3. The average molecular weight is 286 g/mol. The lowest BCUT2D eigenvalue weighted by molar-refractivity contribution is -0.135. The standard InChI is InChI=1S/C14H26O4Si/c1-9(2)19(10(3)4,11(5)6)8-12(14(17)18)7-13(15)16/h7,9-11H,8H2,1-6H3,(H,15,16)(H,17,18)/b12-7-. The molecule has 0 saturated heterocycles. The third-order valence-electron chi connectivity index (χ3n) is 4.29. The molecule has 110 valence electrons. The molecule has 19 heavy (non-hydrogen) atoms. The number of hydrogen-bond acceptors (Lipinski definition) is 2. The van der Waals surface area contributed by atoms with Crippen LogP contribution in [0.25, 0.3) is 0 Å². The number of rotatable bonds is 7. The highest BCUT2D eigenvalue weighted by Gasteiger charge is 2.43. The van der Waals surface area contributed by atoms with Crippen LogP contribution in [-0.4, -0.2) is 30.2 Å². The van der Waals surface area contributed by atoms with Crippen LogP contribution in [0.1, 0.15) is 41.5 Å². The van der Waals surface area contributed by atoms with Gasteiger partial charge in [-0.3, -0.25) is 0 Å². The molecule has 0 amide bonds. The first-order valence-corrected chi connectivity index (χ1v) is 9.16. The third kappa shape index (κ3) is 4.20. The van der Waals surface area contributed by atoms with Crippen LogP contribution in [0.2, 0.25) is 22.7 Å². The van der Waals surface area contributed by atoms with Gasteiger partial charge in [-0.05, 0) is 6.04 Å². The van der Waals surface area contributed by atoms with Crippen molar-refractivity contribution in [2.45, 2.75) is 64.2 Å². The van der Waals surface area contributed by atoms with Crippen molar-refractivity contribution in [1.29, 1.82) is 0 Å². The summed E-state index contributed by atoms with van der Waals surface area (Å²) in [6.07, 6.45) is 0.858. The Balaban J connectivity index is 5.66. The maximum absolute atomic E-state index is 11.3. The van der Waals surface area contributed by atoms with Crippen LogP contribution >= 0.6 is 0 Å². The van der Waals surface area contributed by atoms with Gasteiger partial charge in [0.15, 0.2) is 0 Å². The lowest BCUT2D eigenvalue weighted by Gasteiger charge is -2.43. The highest BCUT2D eigenvalue weighted by molar-refractivity contribution is 6.84. The molecule has 0 aliphatic heterocycles. The summed E-state index contributed by atoms with van der Waals surface area (Å²) in [5.74, 6) is -2.29. The van der Waals surface area contributed by atoms with Gasteiger partial charge in [0.1, 0.15) is 0 Å². The first kappa shape index (κ1) is 17.9. The molecule has 0 unspecified atom stereocenters. The van der Waals surface area contributed by atoms with Gasteiger partial charge in [0.25, 0.3) is 0 Å². The van der Waals surface area contributed by atoms with Gasteiger partial charge < -0.3 is 10.2 Å². The predicted octanol–water partition coefficient (Wildman–Crippen LogP) is 3.76. The smallest absolute Gasteiger partial charge is 0.331 e. The number of hydrogen-bond donors (Lipinski definition) is 2. The van der Waals surface area contributed by atoms with Gasteiger partial charge in [0.2, 0.25) is 0 Å². The second-order valence-electron chi connectivity index (χ2n) is 6.07. The summed E-state index contributed by atoms with van der Waals surface area (Å²) in [7, 11) is -1.93. The Morgan fingerprint density at radius 1 is 0.947 bits per heavy atom. The van der Waals surface area contributed by atoms with Crippen molar-refractivity contribution in [3.8, 4) is 0 Å². The van der Waals surface area contributed by atoms with Gasteiger partial charge in [-0.15, -0.1) is 0 Å². The Hall–Kier alpha value is -1.10. The molecule has 0 fully saturated rings. The molecule has 2 N–H and O–H groups in total. The van der Waals surface area contributed by atoms with Crippen LogP contribution in [0.5, 0.6) is 0 Å². The molecule has 0 atom stereocenters. The van der Waals surface area contributed by atoms with Crippen molar-refractivity contribution in [3.63, 3.8) is 0 Å². The third-order valence-corrected chi connectivity index (χ3v) is 11.7. The zero-order valence-electron chi connectivity index (χ0n) is 12.7. The molecule has 0 aliphatic rings. The first-order valence-electron chi connectivity index (χ1n) is 6.72. The molecule has 0 heterocycles. The second-order valence-corrected chi connectivity index (χ2v) is 12.1. The van der Waals surface area contributed by atoms with E-state index >= 15 is 0 Å². The summed E-state index contributed by atoms with van der Waals surface area (Å²) in [6.45, 7) is 12.8. The number of carboxylic acid groups (broad SMARTS) is 2. The van der Waals surface area contributed by atoms with Crippen LogP contribution in [-0.2, 0) is 9.59 Å². The summed E-state index contributed by atoms with van der Waals surface area (Å²) in [5.41, 5.74) is 1.26. The highest BCUT2D eigenvalue weighted by Crippen LogP contribution is 2.46. The second kappa shape index (κ2) is 6.89. The van der Waals surface area contributed by atoms with Crippen LogP contribution in [0.4, 0.5) is 0 Å². The van der Waals surface area contributed by atoms with Crippen molar-refractivity contribution >= 4 is 20.0 Å². The van der Waals surface area contributed by atoms with Crippen molar-refractivity contribution in [3.05, 3.63) is 11.6 Å². The minimum atomic E-state index is -1.93. The van der Waals surface area contributed by atoms with Gasteiger partial charge in [0, 0.05) is 11.6 Å². The normalized spacial score (nSPS) is 13.4. The van der Waals surface area contributed by atoms with E-state index in [1.807, 2.05) is 0 Å². The minimum Gasteiger partial charge on any atom is -0.478 e. The molecule has 0 spiro atoms. The molecule has 0 bridgehead atoms. The average Bonchev–Trinajstić information content (AvgIpc) is 2.21. The lowest BCUT2D eigenvalue weighted by Crippen LogP contribution is -2.45. The Labute approximate surface area is 116 Å². The molecular formula is C14H26O4Si. The van der Waals surface area contributed by atoms with E-state index in [1.165, 1.54) is 0 Å². The first-order chi connectivity index (χ1) is 8.55. The fraction of sp³-hybridized carbons (Fsp3) is 0.714. The van der Waals surface area contributed by atoms with E-state index in [0.29, 0.717) is 22.7 Å². The molecule has 0 aromatic carbocycles. The molecular weight excluding hydrogens is 260 g/mol. The van der Waals surface area contributed by atoms with E-state index in [1.54, 1.807) is 0 Å². The van der Waals surface area contributed by atoms with Crippen LogP contribution < -0.4 is 0 Å². The molecule has 0 saturated carbocycles. The summed E-state index contributed by atoms with van der Waals surface area (Å²) in [6, 6.07) is 0.418. The largest absolute Gasteiger partial charge is 0.478 e. The van der Waals surface area contributed by atoms with Crippen molar-refractivity contribution in [2.24, 2.45) is 0 Å². The SMILES string of the molecule is CC(C)[Si](C/C(=C/C(=O)O)C(=O)O)(C(C)C)C(C)C. The zero-order valence-corrected chi connectivity index (χ0v) is 13.7. The van der Waals surface area contributed by atoms with Crippen LogP contribution in [0.15, 0.2) is 11.6 Å². The minimum absolute atomic E-state index is 0.0373. The fourth-order valence-electron chi connectivity index (χ4n) is 3.28. The Morgan fingerprint density at radius 3 is 1.53 bits per heavy atom.